The fourth-order valence-electron chi connectivity index (χ4n) is 1.73. The van der Waals surface area contributed by atoms with E-state index in [4.69, 9.17) is 11.6 Å². The van der Waals surface area contributed by atoms with Crippen LogP contribution in [0, 0.1) is 5.82 Å². The summed E-state index contributed by atoms with van der Waals surface area (Å²) in [5.74, 6) is -0.327. The molecule has 2 rings (SSSR count). The summed E-state index contributed by atoms with van der Waals surface area (Å²) in [5, 5.41) is 7.34. The first-order chi connectivity index (χ1) is 8.99. The second kappa shape index (κ2) is 5.80. The summed E-state index contributed by atoms with van der Waals surface area (Å²) in [5.41, 5.74) is 1.75. The number of rotatable bonds is 4. The Morgan fingerprint density at radius 1 is 1.47 bits per heavy atom. The van der Waals surface area contributed by atoms with E-state index < -0.39 is 0 Å². The largest absolute Gasteiger partial charge is 0.285 e. The Kier molecular flexibility index (Phi) is 4.32. The van der Waals surface area contributed by atoms with Crippen LogP contribution in [-0.4, -0.2) is 15.4 Å². The van der Waals surface area contributed by atoms with Crippen LogP contribution in [0.4, 0.5) is 4.39 Å². The summed E-state index contributed by atoms with van der Waals surface area (Å²) in [4.78, 5) is 0.776. The normalized spacial score (nSPS) is 11.0. The molecule has 0 aliphatic rings. The fraction of sp³-hybridized carbons (Fsp3) is 0.214. The minimum absolute atomic E-state index is 0.327. The van der Waals surface area contributed by atoms with Gasteiger partial charge >= 0.3 is 0 Å². The summed E-state index contributed by atoms with van der Waals surface area (Å²) >= 11 is 7.79. The third kappa shape index (κ3) is 3.19. The number of hydrogen-bond donors (Lipinski definition) is 1. The van der Waals surface area contributed by atoms with Crippen LogP contribution >= 0.6 is 23.4 Å². The molecule has 19 heavy (non-hydrogen) atoms. The molecule has 0 bridgehead atoms. The van der Waals surface area contributed by atoms with E-state index in [2.05, 4.69) is 30.6 Å². The molecule has 100 valence electrons. The van der Waals surface area contributed by atoms with Crippen molar-refractivity contribution in [3.8, 4) is 11.1 Å². The maximum Gasteiger partial charge on any atom is 0.131 e. The Morgan fingerprint density at radius 3 is 2.79 bits per heavy atom. The highest BCUT2D eigenvalue weighted by Crippen LogP contribution is 2.37. The van der Waals surface area contributed by atoms with Gasteiger partial charge in [0, 0.05) is 38.1 Å². The molecule has 0 aliphatic heterocycles. The molecular formula is C14H14ClFN2S. The first-order valence-corrected chi connectivity index (χ1v) is 7.09. The van der Waals surface area contributed by atoms with Gasteiger partial charge in [-0.2, -0.15) is 5.10 Å². The lowest BCUT2D eigenvalue weighted by molar-refractivity contribution is 0.631. The predicted octanol–water partition coefficient (Wildman–Crippen LogP) is 4.98. The van der Waals surface area contributed by atoms with E-state index in [1.165, 1.54) is 6.07 Å². The minimum atomic E-state index is -0.327. The maximum atomic E-state index is 14.1. The number of halogens is 2. The van der Waals surface area contributed by atoms with Crippen molar-refractivity contribution in [3.63, 3.8) is 0 Å². The van der Waals surface area contributed by atoms with Gasteiger partial charge in [-0.05, 0) is 12.1 Å². The molecule has 0 radical (unpaired) electrons. The van der Waals surface area contributed by atoms with Crippen LogP contribution in [0.15, 0.2) is 31.1 Å². The van der Waals surface area contributed by atoms with Crippen LogP contribution < -0.4 is 0 Å². The molecule has 1 aromatic heterocycles. The summed E-state index contributed by atoms with van der Waals surface area (Å²) in [6.45, 7) is 8.06. The molecule has 1 aromatic carbocycles. The topological polar surface area (TPSA) is 28.7 Å². The van der Waals surface area contributed by atoms with Crippen LogP contribution in [0.25, 0.3) is 16.0 Å². The zero-order valence-corrected chi connectivity index (χ0v) is 12.3. The Bertz CT molecular complexity index is 594. The Hall–Kier alpha value is -1.26. The molecule has 5 heteroatoms. The molecule has 0 fully saturated rings. The second-order valence-corrected chi connectivity index (χ2v) is 6.47. The summed E-state index contributed by atoms with van der Waals surface area (Å²) in [7, 11) is 0. The SMILES string of the molecule is C=C(SC(C)C)c1cc(F)c(-c2cn[nH]c2)cc1Cl. The van der Waals surface area contributed by atoms with Gasteiger partial charge in [0.15, 0.2) is 0 Å². The molecule has 1 heterocycles. The molecule has 0 saturated heterocycles. The molecule has 0 unspecified atom stereocenters. The Balaban J connectivity index is 2.40. The summed E-state index contributed by atoms with van der Waals surface area (Å²) in [6, 6.07) is 3.05. The Labute approximate surface area is 121 Å². The first kappa shape index (κ1) is 14.2. The van der Waals surface area contributed by atoms with E-state index in [-0.39, 0.29) is 5.82 Å². The molecule has 2 aromatic rings. The van der Waals surface area contributed by atoms with Crippen LogP contribution in [0.5, 0.6) is 0 Å². The van der Waals surface area contributed by atoms with Crippen molar-refractivity contribution in [1.29, 1.82) is 0 Å². The van der Waals surface area contributed by atoms with Gasteiger partial charge < -0.3 is 0 Å². The van der Waals surface area contributed by atoms with E-state index in [9.17, 15) is 4.39 Å². The van der Waals surface area contributed by atoms with Crippen LogP contribution in [0.1, 0.15) is 19.4 Å². The second-order valence-electron chi connectivity index (χ2n) is 4.39. The zero-order chi connectivity index (χ0) is 14.0. The number of aromatic nitrogens is 2. The number of H-pyrrole nitrogens is 1. The molecule has 0 saturated carbocycles. The van der Waals surface area contributed by atoms with E-state index in [0.29, 0.717) is 27.0 Å². The van der Waals surface area contributed by atoms with Gasteiger partial charge in [-0.1, -0.05) is 32.0 Å². The van der Waals surface area contributed by atoms with Crippen molar-refractivity contribution in [2.24, 2.45) is 0 Å². The monoisotopic (exact) mass is 296 g/mol. The third-order valence-electron chi connectivity index (χ3n) is 2.54. The van der Waals surface area contributed by atoms with Crippen molar-refractivity contribution in [1.82, 2.24) is 10.2 Å². The van der Waals surface area contributed by atoms with Gasteiger partial charge in [0.2, 0.25) is 0 Å². The van der Waals surface area contributed by atoms with Crippen molar-refractivity contribution in [3.05, 3.63) is 47.5 Å². The highest BCUT2D eigenvalue weighted by molar-refractivity contribution is 8.08. The molecule has 0 spiro atoms. The highest BCUT2D eigenvalue weighted by atomic mass is 35.5. The van der Waals surface area contributed by atoms with E-state index >= 15 is 0 Å². The standard InChI is InChI=1S/C14H14ClFN2S/c1-8(2)19-9(3)11-5-14(16)12(4-13(11)15)10-6-17-18-7-10/h4-8H,3H2,1-2H3,(H,17,18). The predicted molar refractivity (Wildman–Crippen MR) is 80.8 cm³/mol. The highest BCUT2D eigenvalue weighted by Gasteiger charge is 2.14. The fourth-order valence-corrected chi connectivity index (χ4v) is 2.93. The number of hydrogen-bond acceptors (Lipinski definition) is 2. The van der Waals surface area contributed by atoms with Crippen molar-refractivity contribution in [2.45, 2.75) is 19.1 Å². The van der Waals surface area contributed by atoms with Gasteiger partial charge in [0.25, 0.3) is 0 Å². The van der Waals surface area contributed by atoms with Crippen LogP contribution in [0.3, 0.4) is 0 Å². The molecule has 0 atom stereocenters. The number of nitrogens with one attached hydrogen (secondary N) is 1. The molecular weight excluding hydrogens is 283 g/mol. The lowest BCUT2D eigenvalue weighted by atomic mass is 10.1. The maximum absolute atomic E-state index is 14.1. The average molecular weight is 297 g/mol. The molecule has 0 aliphatic carbocycles. The van der Waals surface area contributed by atoms with E-state index in [0.717, 1.165) is 4.91 Å². The van der Waals surface area contributed by atoms with Gasteiger partial charge in [-0.3, -0.25) is 5.10 Å². The zero-order valence-electron chi connectivity index (χ0n) is 10.7. The third-order valence-corrected chi connectivity index (χ3v) is 3.83. The molecule has 0 amide bonds. The number of nitrogens with zero attached hydrogens (tertiary/aromatic N) is 1. The van der Waals surface area contributed by atoms with Gasteiger partial charge in [0.1, 0.15) is 5.82 Å². The van der Waals surface area contributed by atoms with Crippen molar-refractivity contribution >= 4 is 28.3 Å². The summed E-state index contributed by atoms with van der Waals surface area (Å²) in [6.07, 6.45) is 3.19. The van der Waals surface area contributed by atoms with Crippen LogP contribution in [0.2, 0.25) is 5.02 Å². The number of aromatic amines is 1. The quantitative estimate of drug-likeness (QED) is 0.862. The van der Waals surface area contributed by atoms with Crippen molar-refractivity contribution in [2.75, 3.05) is 0 Å². The van der Waals surface area contributed by atoms with Crippen molar-refractivity contribution < 1.29 is 4.39 Å². The first-order valence-electron chi connectivity index (χ1n) is 5.83. The molecule has 2 nitrogen and oxygen atoms in total. The van der Waals surface area contributed by atoms with E-state index in [1.807, 2.05) is 0 Å². The Morgan fingerprint density at radius 2 is 2.21 bits per heavy atom. The van der Waals surface area contributed by atoms with Gasteiger partial charge in [-0.15, -0.1) is 11.8 Å². The van der Waals surface area contributed by atoms with Crippen LogP contribution in [-0.2, 0) is 0 Å². The lowest BCUT2D eigenvalue weighted by Gasteiger charge is -2.12. The van der Waals surface area contributed by atoms with Gasteiger partial charge in [0.05, 0.1) is 6.20 Å². The summed E-state index contributed by atoms with van der Waals surface area (Å²) < 4.78 is 14.1. The number of thioether (sulfide) groups is 1. The smallest absolute Gasteiger partial charge is 0.131 e. The minimum Gasteiger partial charge on any atom is -0.285 e. The number of benzene rings is 1. The van der Waals surface area contributed by atoms with E-state index in [1.54, 1.807) is 30.2 Å². The van der Waals surface area contributed by atoms with Gasteiger partial charge in [-0.25, -0.2) is 4.39 Å². The lowest BCUT2D eigenvalue weighted by Crippen LogP contribution is -1.92. The molecule has 1 N–H and O–H groups in total. The average Bonchev–Trinajstić information content (AvgIpc) is 2.84.